The van der Waals surface area contributed by atoms with E-state index in [-0.39, 0.29) is 23.1 Å². The van der Waals surface area contributed by atoms with Gasteiger partial charge in [-0.1, -0.05) is 12.1 Å². The molecule has 0 aliphatic rings. The van der Waals surface area contributed by atoms with Crippen molar-refractivity contribution < 1.29 is 18.4 Å². The van der Waals surface area contributed by atoms with E-state index < -0.39 is 17.5 Å². The van der Waals surface area contributed by atoms with Crippen LogP contribution in [0.3, 0.4) is 0 Å². The predicted molar refractivity (Wildman–Crippen MR) is 101 cm³/mol. The fraction of sp³-hybridized carbons (Fsp3) is 0.100. The Morgan fingerprint density at radius 2 is 1.79 bits per heavy atom. The van der Waals surface area contributed by atoms with Gasteiger partial charge in [0.2, 0.25) is 5.95 Å². The molecule has 8 heteroatoms. The zero-order valence-electron chi connectivity index (χ0n) is 15.1. The first-order chi connectivity index (χ1) is 13.3. The van der Waals surface area contributed by atoms with Crippen LogP contribution in [0.2, 0.25) is 0 Å². The Bertz CT molecular complexity index is 1070. The quantitative estimate of drug-likeness (QED) is 0.644. The highest BCUT2D eigenvalue weighted by atomic mass is 19.1. The number of carbonyl (C=O) groups excluding carboxylic acids is 2. The van der Waals surface area contributed by atoms with Crippen LogP contribution in [0.5, 0.6) is 0 Å². The Kier molecular flexibility index (Phi) is 5.39. The van der Waals surface area contributed by atoms with Gasteiger partial charge in [-0.25, -0.2) is 18.7 Å². The third kappa shape index (κ3) is 4.53. The third-order valence-electron chi connectivity index (χ3n) is 3.79. The fourth-order valence-electron chi connectivity index (χ4n) is 2.46. The summed E-state index contributed by atoms with van der Waals surface area (Å²) in [5.41, 5.74) is 1.40. The molecule has 1 aromatic heterocycles. The molecule has 28 heavy (non-hydrogen) atoms. The minimum Gasteiger partial charge on any atom is -0.322 e. The first kappa shape index (κ1) is 19.1. The van der Waals surface area contributed by atoms with E-state index in [0.29, 0.717) is 16.9 Å². The van der Waals surface area contributed by atoms with Crippen molar-refractivity contribution in [1.82, 2.24) is 9.97 Å². The van der Waals surface area contributed by atoms with Crippen LogP contribution in [-0.2, 0) is 0 Å². The maximum Gasteiger partial charge on any atom is 0.274 e. The lowest BCUT2D eigenvalue weighted by atomic mass is 10.1. The molecule has 0 spiro atoms. The number of aromatic nitrogens is 2. The highest BCUT2D eigenvalue weighted by molar-refractivity contribution is 6.04. The van der Waals surface area contributed by atoms with Gasteiger partial charge in [0.05, 0.1) is 5.69 Å². The Balaban J connectivity index is 1.83. The molecule has 0 fully saturated rings. The molecule has 3 aromatic rings. The summed E-state index contributed by atoms with van der Waals surface area (Å²) in [6.45, 7) is 3.09. The highest BCUT2D eigenvalue weighted by Crippen LogP contribution is 2.19. The van der Waals surface area contributed by atoms with E-state index in [1.165, 1.54) is 19.1 Å². The third-order valence-corrected chi connectivity index (χ3v) is 3.79. The number of hydrogen-bond donors (Lipinski definition) is 2. The van der Waals surface area contributed by atoms with Gasteiger partial charge in [0, 0.05) is 23.0 Å². The minimum absolute atomic E-state index is 0.00635. The molecule has 0 aliphatic carbocycles. The Morgan fingerprint density at radius 1 is 1.00 bits per heavy atom. The number of nitrogens with zero attached hydrogens (tertiary/aromatic N) is 2. The minimum atomic E-state index is -0.808. The van der Waals surface area contributed by atoms with Crippen LogP contribution < -0.4 is 10.6 Å². The van der Waals surface area contributed by atoms with E-state index in [1.807, 2.05) is 0 Å². The Hall–Kier alpha value is -3.68. The molecule has 3 rings (SSSR count). The summed E-state index contributed by atoms with van der Waals surface area (Å²) in [6.07, 6.45) is 0. The molecule has 142 valence electrons. The highest BCUT2D eigenvalue weighted by Gasteiger charge is 2.13. The summed E-state index contributed by atoms with van der Waals surface area (Å²) >= 11 is 0. The first-order valence-corrected chi connectivity index (χ1v) is 8.32. The van der Waals surface area contributed by atoms with Gasteiger partial charge in [-0.3, -0.25) is 9.59 Å². The van der Waals surface area contributed by atoms with Crippen molar-refractivity contribution in [2.75, 3.05) is 10.6 Å². The topological polar surface area (TPSA) is 84.0 Å². The molecule has 2 aromatic carbocycles. The molecule has 0 atom stereocenters. The molecule has 0 bridgehead atoms. The van der Waals surface area contributed by atoms with Crippen LogP contribution in [0.25, 0.3) is 0 Å². The average Bonchev–Trinajstić information content (AvgIpc) is 2.64. The lowest BCUT2D eigenvalue weighted by Gasteiger charge is -2.10. The number of hydrogen-bond acceptors (Lipinski definition) is 5. The number of rotatable bonds is 5. The van der Waals surface area contributed by atoms with Crippen molar-refractivity contribution in [2.24, 2.45) is 0 Å². The SMILES string of the molecule is CC(=O)c1cccc(NC(=O)c2cc(C)nc(Nc3ccc(F)cc3F)n2)c1. The molecule has 0 saturated heterocycles. The number of halogens is 2. The lowest BCUT2D eigenvalue weighted by molar-refractivity contribution is 0.100. The fourth-order valence-corrected chi connectivity index (χ4v) is 2.46. The number of carbonyl (C=O) groups is 2. The molecule has 2 N–H and O–H groups in total. The lowest BCUT2D eigenvalue weighted by Crippen LogP contribution is -2.16. The number of nitrogens with one attached hydrogen (secondary N) is 2. The first-order valence-electron chi connectivity index (χ1n) is 8.32. The van der Waals surface area contributed by atoms with Crippen molar-refractivity contribution in [3.8, 4) is 0 Å². The van der Waals surface area contributed by atoms with E-state index in [4.69, 9.17) is 0 Å². The molecule has 0 unspecified atom stereocenters. The number of amides is 1. The Morgan fingerprint density at radius 3 is 2.50 bits per heavy atom. The summed E-state index contributed by atoms with van der Waals surface area (Å²) in [6, 6.07) is 11.0. The molecule has 1 heterocycles. The van der Waals surface area contributed by atoms with Gasteiger partial charge in [-0.15, -0.1) is 0 Å². The van der Waals surface area contributed by atoms with Gasteiger partial charge in [0.15, 0.2) is 5.78 Å². The molecule has 0 radical (unpaired) electrons. The van der Waals surface area contributed by atoms with Gasteiger partial charge in [-0.05, 0) is 44.2 Å². The van der Waals surface area contributed by atoms with Gasteiger partial charge < -0.3 is 10.6 Å². The molecule has 0 aliphatic heterocycles. The van der Waals surface area contributed by atoms with E-state index >= 15 is 0 Å². The zero-order chi connectivity index (χ0) is 20.3. The second-order valence-corrected chi connectivity index (χ2v) is 6.06. The van der Waals surface area contributed by atoms with Crippen LogP contribution in [0, 0.1) is 18.6 Å². The number of Topliss-reactive ketones (excluding diaryl/α,β-unsaturated/α-hetero) is 1. The van der Waals surface area contributed by atoms with Gasteiger partial charge in [0.1, 0.15) is 17.3 Å². The van der Waals surface area contributed by atoms with E-state index in [9.17, 15) is 18.4 Å². The molecular weight excluding hydrogens is 366 g/mol. The van der Waals surface area contributed by atoms with Crippen molar-refractivity contribution in [1.29, 1.82) is 0 Å². The maximum absolute atomic E-state index is 13.8. The van der Waals surface area contributed by atoms with Gasteiger partial charge in [0.25, 0.3) is 5.91 Å². The van der Waals surface area contributed by atoms with Gasteiger partial charge >= 0.3 is 0 Å². The molecule has 6 nitrogen and oxygen atoms in total. The summed E-state index contributed by atoms with van der Waals surface area (Å²) < 4.78 is 26.9. The van der Waals surface area contributed by atoms with Crippen molar-refractivity contribution in [3.05, 3.63) is 77.1 Å². The predicted octanol–water partition coefficient (Wildman–Crippen LogP) is 4.26. The average molecular weight is 382 g/mol. The van der Waals surface area contributed by atoms with Crippen LogP contribution >= 0.6 is 0 Å². The second-order valence-electron chi connectivity index (χ2n) is 6.06. The molecule has 0 saturated carbocycles. The largest absolute Gasteiger partial charge is 0.322 e. The maximum atomic E-state index is 13.8. The smallest absolute Gasteiger partial charge is 0.274 e. The van der Waals surface area contributed by atoms with E-state index in [0.717, 1.165) is 12.1 Å². The van der Waals surface area contributed by atoms with Crippen LogP contribution in [0.4, 0.5) is 26.1 Å². The summed E-state index contributed by atoms with van der Waals surface area (Å²) in [5, 5.41) is 5.29. The van der Waals surface area contributed by atoms with Crippen molar-refractivity contribution in [2.45, 2.75) is 13.8 Å². The van der Waals surface area contributed by atoms with E-state index in [1.54, 1.807) is 31.2 Å². The number of benzene rings is 2. The van der Waals surface area contributed by atoms with Crippen LogP contribution in [0.1, 0.15) is 33.5 Å². The van der Waals surface area contributed by atoms with Crippen LogP contribution in [0.15, 0.2) is 48.5 Å². The summed E-state index contributed by atoms with van der Waals surface area (Å²) in [7, 11) is 0. The number of anilines is 3. The monoisotopic (exact) mass is 382 g/mol. The standard InChI is InChI=1S/C20H16F2N4O2/c1-11-8-18(19(28)24-15-5-3-4-13(9-15)12(2)27)26-20(23-11)25-17-7-6-14(21)10-16(17)22/h3-10H,1-2H3,(H,24,28)(H,23,25,26). The normalized spacial score (nSPS) is 10.4. The van der Waals surface area contributed by atoms with Crippen molar-refractivity contribution in [3.63, 3.8) is 0 Å². The van der Waals surface area contributed by atoms with Gasteiger partial charge in [-0.2, -0.15) is 0 Å². The number of aryl methyl sites for hydroxylation is 1. The zero-order valence-corrected chi connectivity index (χ0v) is 15.1. The molecule has 1 amide bonds. The number of ketones is 1. The summed E-state index contributed by atoms with van der Waals surface area (Å²) in [4.78, 5) is 32.2. The second kappa shape index (κ2) is 7.91. The molecular formula is C20H16F2N4O2. The Labute approximate surface area is 159 Å². The summed E-state index contributed by atoms with van der Waals surface area (Å²) in [5.74, 6) is -2.16. The van der Waals surface area contributed by atoms with E-state index in [2.05, 4.69) is 20.6 Å². The van der Waals surface area contributed by atoms with Crippen molar-refractivity contribution >= 4 is 29.0 Å². The van der Waals surface area contributed by atoms with Crippen LogP contribution in [-0.4, -0.2) is 21.7 Å².